The van der Waals surface area contributed by atoms with E-state index >= 15 is 0 Å². The van der Waals surface area contributed by atoms with Crippen LogP contribution in [-0.2, 0) is 14.8 Å². The van der Waals surface area contributed by atoms with E-state index in [0.29, 0.717) is 0 Å². The van der Waals surface area contributed by atoms with E-state index in [2.05, 4.69) is 0 Å². The van der Waals surface area contributed by atoms with Gasteiger partial charge in [-0.05, 0) is 12.5 Å². The fourth-order valence-corrected chi connectivity index (χ4v) is 1.34. The van der Waals surface area contributed by atoms with Crippen LogP contribution in [0, 0.1) is 0 Å². The van der Waals surface area contributed by atoms with Crippen molar-refractivity contribution in [1.29, 1.82) is 0 Å². The molecule has 0 N–H and O–H groups in total. The fraction of sp³-hybridized carbons (Fsp3) is 1.00. The minimum Gasteiger partial charge on any atom is -0.759 e. The van der Waals surface area contributed by atoms with Crippen molar-refractivity contribution in [2.45, 2.75) is 18.9 Å². The normalized spacial score (nSPS) is 18.4. The standard InChI is InChI=1S/C4H8OSi.H2O4S/c1-2-4-6-5-3-1;1-5(2,3)4/h1-4H2;(H2,1,2,3,4)/p-2. The Balaban J connectivity index is 0.000000187. The van der Waals surface area contributed by atoms with Crippen LogP contribution < -0.4 is 0 Å². The lowest BCUT2D eigenvalue weighted by molar-refractivity contribution is 0.304. The maximum absolute atomic E-state index is 8.52. The van der Waals surface area contributed by atoms with Crippen LogP contribution in [0.5, 0.6) is 0 Å². The molecule has 0 spiro atoms. The molecule has 0 aromatic carbocycles. The first kappa shape index (κ1) is 11.0. The maximum Gasteiger partial charge on any atom is 0.229 e. The van der Waals surface area contributed by atoms with Crippen molar-refractivity contribution in [2.75, 3.05) is 6.61 Å². The van der Waals surface area contributed by atoms with Gasteiger partial charge >= 0.3 is 0 Å². The van der Waals surface area contributed by atoms with Crippen LogP contribution in [0.15, 0.2) is 0 Å². The summed E-state index contributed by atoms with van der Waals surface area (Å²) in [6.45, 7) is 1.01. The first-order valence-electron chi connectivity index (χ1n) is 3.01. The molecule has 1 saturated heterocycles. The second kappa shape index (κ2) is 5.67. The average molecular weight is 196 g/mol. The van der Waals surface area contributed by atoms with Crippen molar-refractivity contribution in [3.63, 3.8) is 0 Å². The summed E-state index contributed by atoms with van der Waals surface area (Å²) in [7, 11) is -4.36. The molecule has 1 aliphatic rings. The SMILES string of the molecule is C1CC[Si]OC1.O=S(=O)([O-])[O-]. The summed E-state index contributed by atoms with van der Waals surface area (Å²) in [5.74, 6) is 0. The van der Waals surface area contributed by atoms with Crippen molar-refractivity contribution in [1.82, 2.24) is 0 Å². The smallest absolute Gasteiger partial charge is 0.229 e. The minimum absolute atomic E-state index is 0.802. The lowest BCUT2D eigenvalue weighted by atomic mass is 10.4. The quantitative estimate of drug-likeness (QED) is 0.296. The second-order valence-corrected chi connectivity index (χ2v) is 3.75. The van der Waals surface area contributed by atoms with E-state index in [-0.39, 0.29) is 0 Å². The molecule has 5 nitrogen and oxygen atoms in total. The maximum atomic E-state index is 8.52. The molecule has 11 heavy (non-hydrogen) atoms. The van der Waals surface area contributed by atoms with Gasteiger partial charge in [-0.1, -0.05) is 6.42 Å². The van der Waals surface area contributed by atoms with E-state index < -0.39 is 10.4 Å². The molecule has 0 atom stereocenters. The van der Waals surface area contributed by atoms with E-state index in [1.165, 1.54) is 18.9 Å². The van der Waals surface area contributed by atoms with E-state index in [0.717, 1.165) is 16.4 Å². The van der Waals surface area contributed by atoms with Gasteiger partial charge in [0.2, 0.25) is 9.76 Å². The molecule has 0 aliphatic carbocycles. The van der Waals surface area contributed by atoms with Crippen molar-refractivity contribution < 1.29 is 21.9 Å². The summed E-state index contributed by atoms with van der Waals surface area (Å²) in [5, 5.41) is 0. The average Bonchev–Trinajstić information content (AvgIpc) is 1.88. The van der Waals surface area contributed by atoms with Gasteiger partial charge in [-0.15, -0.1) is 0 Å². The Bertz CT molecular complexity index is 153. The Hall–Kier alpha value is 0.0469. The topological polar surface area (TPSA) is 89.5 Å². The highest BCUT2D eigenvalue weighted by Crippen LogP contribution is 2.01. The molecule has 0 aromatic rings. The molecule has 2 radical (unpaired) electrons. The van der Waals surface area contributed by atoms with Gasteiger partial charge in [0, 0.05) is 17.0 Å². The predicted octanol–water partition coefficient (Wildman–Crippen LogP) is -0.504. The highest BCUT2D eigenvalue weighted by Gasteiger charge is 1.97. The first-order valence-corrected chi connectivity index (χ1v) is 5.46. The Kier molecular flexibility index (Phi) is 5.69. The first-order chi connectivity index (χ1) is 5.00. The fourth-order valence-electron chi connectivity index (χ4n) is 0.516. The van der Waals surface area contributed by atoms with Gasteiger partial charge in [0.1, 0.15) is 0 Å². The summed E-state index contributed by atoms with van der Waals surface area (Å²) in [6, 6.07) is 1.31. The van der Waals surface area contributed by atoms with Crippen LogP contribution in [0.4, 0.5) is 0 Å². The summed E-state index contributed by atoms with van der Waals surface area (Å²) < 4.78 is 39.2. The van der Waals surface area contributed by atoms with Crippen LogP contribution in [-0.4, -0.2) is 33.9 Å². The van der Waals surface area contributed by atoms with Gasteiger partial charge in [-0.3, -0.25) is 8.42 Å². The Labute approximate surface area is 68.3 Å². The highest BCUT2D eigenvalue weighted by atomic mass is 32.3. The summed E-state index contributed by atoms with van der Waals surface area (Å²) in [4.78, 5) is 0. The Morgan fingerprint density at radius 2 is 1.82 bits per heavy atom. The third-order valence-electron chi connectivity index (χ3n) is 0.877. The molecule has 0 bridgehead atoms. The molecule has 7 heteroatoms. The number of rotatable bonds is 0. The van der Waals surface area contributed by atoms with Crippen LogP contribution in [0.3, 0.4) is 0 Å². The minimum atomic E-state index is -5.17. The summed E-state index contributed by atoms with van der Waals surface area (Å²) in [5.41, 5.74) is 0. The van der Waals surface area contributed by atoms with Crippen LogP contribution >= 0.6 is 0 Å². The number of hydrogen-bond donors (Lipinski definition) is 0. The zero-order valence-corrected chi connectivity index (χ0v) is 7.59. The molecule has 1 fully saturated rings. The van der Waals surface area contributed by atoms with Gasteiger partial charge in [0.05, 0.1) is 0 Å². The summed E-state index contributed by atoms with van der Waals surface area (Å²) >= 11 is 0. The molecule has 0 saturated carbocycles. The monoisotopic (exact) mass is 196 g/mol. The molecule has 66 valence electrons. The predicted molar refractivity (Wildman–Crippen MR) is 36.2 cm³/mol. The molecule has 1 aliphatic heterocycles. The molecule has 1 rings (SSSR count). The lowest BCUT2D eigenvalue weighted by Gasteiger charge is -2.06. The Morgan fingerprint density at radius 1 is 1.27 bits per heavy atom. The van der Waals surface area contributed by atoms with Gasteiger partial charge < -0.3 is 13.5 Å². The third kappa shape index (κ3) is 17.8. The van der Waals surface area contributed by atoms with Crippen molar-refractivity contribution >= 4 is 20.2 Å². The lowest BCUT2D eigenvalue weighted by Crippen LogP contribution is -2.06. The van der Waals surface area contributed by atoms with Gasteiger partial charge in [0.15, 0.2) is 0 Å². The van der Waals surface area contributed by atoms with Crippen LogP contribution in [0.1, 0.15) is 12.8 Å². The zero-order chi connectivity index (χ0) is 8.74. The zero-order valence-electron chi connectivity index (χ0n) is 5.78. The van der Waals surface area contributed by atoms with Crippen molar-refractivity contribution in [2.24, 2.45) is 0 Å². The van der Waals surface area contributed by atoms with Crippen LogP contribution in [0.25, 0.3) is 0 Å². The highest BCUT2D eigenvalue weighted by molar-refractivity contribution is 7.79. The molecule has 0 unspecified atom stereocenters. The van der Waals surface area contributed by atoms with Crippen LogP contribution in [0.2, 0.25) is 6.04 Å². The molecular formula is C4H8O5SSi-2. The van der Waals surface area contributed by atoms with E-state index in [9.17, 15) is 0 Å². The van der Waals surface area contributed by atoms with E-state index in [1.54, 1.807) is 0 Å². The van der Waals surface area contributed by atoms with E-state index in [1.807, 2.05) is 0 Å². The van der Waals surface area contributed by atoms with Gasteiger partial charge in [-0.25, -0.2) is 0 Å². The van der Waals surface area contributed by atoms with E-state index in [4.69, 9.17) is 21.9 Å². The van der Waals surface area contributed by atoms with Gasteiger partial charge in [0.25, 0.3) is 0 Å². The number of hydrogen-bond acceptors (Lipinski definition) is 5. The van der Waals surface area contributed by atoms with Gasteiger partial charge in [-0.2, -0.15) is 0 Å². The molecular weight excluding hydrogens is 188 g/mol. The largest absolute Gasteiger partial charge is 0.759 e. The molecule has 0 aromatic heterocycles. The van der Waals surface area contributed by atoms with Crippen molar-refractivity contribution in [3.8, 4) is 0 Å². The second-order valence-electron chi connectivity index (χ2n) is 1.86. The third-order valence-corrected chi connectivity index (χ3v) is 1.84. The molecule has 1 heterocycles. The van der Waals surface area contributed by atoms with Crippen molar-refractivity contribution in [3.05, 3.63) is 0 Å². The summed E-state index contributed by atoms with van der Waals surface area (Å²) in [6.07, 6.45) is 2.67. The molecule has 0 amide bonds. The Morgan fingerprint density at radius 3 is 1.91 bits per heavy atom.